The summed E-state index contributed by atoms with van der Waals surface area (Å²) < 4.78 is 1.34. The maximum absolute atomic E-state index is 12.5. The predicted octanol–water partition coefficient (Wildman–Crippen LogP) is 1.11. The van der Waals surface area contributed by atoms with E-state index in [1.807, 2.05) is 0 Å². The molecule has 0 radical (unpaired) electrons. The van der Waals surface area contributed by atoms with Crippen molar-refractivity contribution in [2.24, 2.45) is 0 Å². The molecule has 9 nitrogen and oxygen atoms in total. The van der Waals surface area contributed by atoms with Crippen LogP contribution in [0.1, 0.15) is 12.2 Å². The number of nitrogens with two attached hydrogens (primary N) is 1. The molecule has 1 aliphatic heterocycles. The van der Waals surface area contributed by atoms with Gasteiger partial charge in [-0.15, -0.1) is 10.2 Å². The average molecular weight is 334 g/mol. The number of carbonyl (C=O) groups is 1. The largest absolute Gasteiger partial charge is 0.336 e. The van der Waals surface area contributed by atoms with Gasteiger partial charge in [0.1, 0.15) is 5.82 Å². The fraction of sp³-hybridized carbons (Fsp3) is 0.308. The number of hydrogen-bond acceptors (Lipinski definition) is 7. The molecule has 0 saturated carbocycles. The summed E-state index contributed by atoms with van der Waals surface area (Å²) in [6.45, 7) is 2.22. The molecule has 0 aliphatic carbocycles. The quantitative estimate of drug-likeness (QED) is 0.505. The molecular weight excluding hydrogens is 320 g/mol. The Bertz CT molecular complexity index is 777. The standard InChI is InChI=1S/C13H14N6O3S/c1-8-15-16-13(18(8)14)23-11-5-6-17(12(11)20)9-3-2-4-10(7-9)19(21)22/h2-4,7,11H,5-6,14H2,1H3. The monoisotopic (exact) mass is 334 g/mol. The fourth-order valence-corrected chi connectivity index (χ4v) is 3.39. The summed E-state index contributed by atoms with van der Waals surface area (Å²) in [6.07, 6.45) is 0.609. The van der Waals surface area contributed by atoms with E-state index < -0.39 is 4.92 Å². The van der Waals surface area contributed by atoms with Crippen LogP contribution in [0.4, 0.5) is 11.4 Å². The zero-order valence-corrected chi connectivity index (χ0v) is 13.1. The number of thioether (sulfide) groups is 1. The number of benzene rings is 1. The molecule has 120 valence electrons. The molecule has 10 heteroatoms. The minimum Gasteiger partial charge on any atom is -0.336 e. The zero-order valence-electron chi connectivity index (χ0n) is 12.2. The van der Waals surface area contributed by atoms with E-state index in [0.29, 0.717) is 29.6 Å². The molecule has 1 aromatic carbocycles. The van der Waals surface area contributed by atoms with Crippen LogP contribution in [0, 0.1) is 17.0 Å². The van der Waals surface area contributed by atoms with Gasteiger partial charge in [-0.25, -0.2) is 4.68 Å². The zero-order chi connectivity index (χ0) is 16.6. The molecule has 2 N–H and O–H groups in total. The highest BCUT2D eigenvalue weighted by atomic mass is 32.2. The molecule has 1 atom stereocenters. The van der Waals surface area contributed by atoms with Crippen LogP contribution in [0.5, 0.6) is 0 Å². The number of carbonyl (C=O) groups excluding carboxylic acids is 1. The number of aromatic nitrogens is 3. The molecular formula is C13H14N6O3S. The third-order valence-corrected chi connectivity index (χ3v) is 4.80. The molecule has 3 rings (SSSR count). The van der Waals surface area contributed by atoms with Crippen LogP contribution in [-0.4, -0.2) is 37.5 Å². The number of nitrogen functional groups attached to an aromatic ring is 1. The summed E-state index contributed by atoms with van der Waals surface area (Å²) >= 11 is 1.25. The Labute approximate surface area is 135 Å². The van der Waals surface area contributed by atoms with Gasteiger partial charge in [0.15, 0.2) is 0 Å². The van der Waals surface area contributed by atoms with Gasteiger partial charge in [-0.05, 0) is 19.4 Å². The minimum absolute atomic E-state index is 0.0382. The number of non-ortho nitro benzene ring substituents is 1. The lowest BCUT2D eigenvalue weighted by Gasteiger charge is -2.16. The molecule has 1 amide bonds. The summed E-state index contributed by atoms with van der Waals surface area (Å²) in [5.41, 5.74) is 0.487. The average Bonchev–Trinajstić information content (AvgIpc) is 3.05. The van der Waals surface area contributed by atoms with E-state index >= 15 is 0 Å². The number of anilines is 1. The van der Waals surface area contributed by atoms with Gasteiger partial charge in [0, 0.05) is 18.7 Å². The van der Waals surface area contributed by atoms with Crippen molar-refractivity contribution in [2.45, 2.75) is 23.8 Å². The van der Waals surface area contributed by atoms with Crippen molar-refractivity contribution in [3.63, 3.8) is 0 Å². The van der Waals surface area contributed by atoms with E-state index in [1.54, 1.807) is 24.0 Å². The Kier molecular flexibility index (Phi) is 3.90. The first-order valence-corrected chi connectivity index (χ1v) is 7.75. The number of rotatable bonds is 4. The molecule has 1 aromatic heterocycles. The van der Waals surface area contributed by atoms with Crippen molar-refractivity contribution < 1.29 is 9.72 Å². The molecule has 1 saturated heterocycles. The Balaban J connectivity index is 1.77. The van der Waals surface area contributed by atoms with E-state index in [0.717, 1.165) is 0 Å². The summed E-state index contributed by atoms with van der Waals surface area (Å²) in [6, 6.07) is 6.06. The van der Waals surface area contributed by atoms with Crippen molar-refractivity contribution in [1.82, 2.24) is 14.9 Å². The van der Waals surface area contributed by atoms with E-state index in [-0.39, 0.29) is 16.8 Å². The van der Waals surface area contributed by atoms with Crippen LogP contribution in [0.3, 0.4) is 0 Å². The third kappa shape index (κ3) is 2.84. The van der Waals surface area contributed by atoms with Crippen molar-refractivity contribution in [3.8, 4) is 0 Å². The number of amides is 1. The summed E-state index contributed by atoms with van der Waals surface area (Å²) in [7, 11) is 0. The Morgan fingerprint density at radius 3 is 2.87 bits per heavy atom. The van der Waals surface area contributed by atoms with Crippen molar-refractivity contribution >= 4 is 29.0 Å². The number of nitro groups is 1. The maximum atomic E-state index is 12.5. The van der Waals surface area contributed by atoms with Crippen LogP contribution in [0.25, 0.3) is 0 Å². The van der Waals surface area contributed by atoms with Crippen LogP contribution in [0.15, 0.2) is 29.4 Å². The number of aryl methyl sites for hydroxylation is 1. The normalized spacial score (nSPS) is 17.7. The Morgan fingerprint density at radius 2 is 2.22 bits per heavy atom. The Hall–Kier alpha value is -2.62. The fourth-order valence-electron chi connectivity index (χ4n) is 2.35. The van der Waals surface area contributed by atoms with Gasteiger partial charge in [0.25, 0.3) is 5.69 Å². The van der Waals surface area contributed by atoms with Crippen LogP contribution < -0.4 is 10.7 Å². The van der Waals surface area contributed by atoms with Crippen molar-refractivity contribution in [2.75, 3.05) is 17.3 Å². The molecule has 0 bridgehead atoms. The predicted molar refractivity (Wildman–Crippen MR) is 84.6 cm³/mol. The maximum Gasteiger partial charge on any atom is 0.271 e. The molecule has 2 aromatic rings. The summed E-state index contributed by atoms with van der Waals surface area (Å²) in [4.78, 5) is 24.5. The molecule has 23 heavy (non-hydrogen) atoms. The van der Waals surface area contributed by atoms with Crippen LogP contribution in [0.2, 0.25) is 0 Å². The van der Waals surface area contributed by atoms with Crippen LogP contribution in [-0.2, 0) is 4.79 Å². The Morgan fingerprint density at radius 1 is 1.43 bits per heavy atom. The van der Waals surface area contributed by atoms with E-state index in [2.05, 4.69) is 10.2 Å². The van der Waals surface area contributed by atoms with Gasteiger partial charge in [-0.3, -0.25) is 14.9 Å². The minimum atomic E-state index is -0.476. The number of hydrogen-bond donors (Lipinski definition) is 1. The highest BCUT2D eigenvalue weighted by Gasteiger charge is 2.35. The first-order chi connectivity index (χ1) is 11.0. The second-order valence-electron chi connectivity index (χ2n) is 5.06. The molecule has 1 fully saturated rings. The highest BCUT2D eigenvalue weighted by Crippen LogP contribution is 2.33. The summed E-state index contributed by atoms with van der Waals surface area (Å²) in [5, 5.41) is 18.8. The molecule has 2 heterocycles. The lowest BCUT2D eigenvalue weighted by Crippen LogP contribution is -2.28. The molecule has 1 aliphatic rings. The molecule has 1 unspecified atom stereocenters. The van der Waals surface area contributed by atoms with Crippen molar-refractivity contribution in [3.05, 3.63) is 40.2 Å². The van der Waals surface area contributed by atoms with E-state index in [1.165, 1.54) is 28.6 Å². The number of nitro benzene ring substituents is 1. The van der Waals surface area contributed by atoms with E-state index in [4.69, 9.17) is 5.84 Å². The topological polar surface area (TPSA) is 120 Å². The second-order valence-corrected chi connectivity index (χ2v) is 6.23. The van der Waals surface area contributed by atoms with Gasteiger partial charge < -0.3 is 10.7 Å². The smallest absolute Gasteiger partial charge is 0.271 e. The van der Waals surface area contributed by atoms with Crippen molar-refractivity contribution in [1.29, 1.82) is 0 Å². The lowest BCUT2D eigenvalue weighted by molar-refractivity contribution is -0.384. The van der Waals surface area contributed by atoms with Gasteiger partial charge in [0.05, 0.1) is 15.9 Å². The van der Waals surface area contributed by atoms with Gasteiger partial charge >= 0.3 is 0 Å². The van der Waals surface area contributed by atoms with E-state index in [9.17, 15) is 14.9 Å². The first-order valence-electron chi connectivity index (χ1n) is 6.87. The SMILES string of the molecule is Cc1nnc(SC2CCN(c3cccc([N+](=O)[O-])c3)C2=O)n1N. The lowest BCUT2D eigenvalue weighted by atomic mass is 10.2. The number of nitrogens with zero attached hydrogens (tertiary/aromatic N) is 5. The van der Waals surface area contributed by atoms with Gasteiger partial charge in [-0.1, -0.05) is 17.8 Å². The highest BCUT2D eigenvalue weighted by molar-refractivity contribution is 8.00. The summed E-state index contributed by atoms with van der Waals surface area (Å²) in [5.74, 6) is 6.24. The molecule has 0 spiro atoms. The third-order valence-electron chi connectivity index (χ3n) is 3.59. The first kappa shape index (κ1) is 15.3. The van der Waals surface area contributed by atoms with Crippen LogP contribution >= 0.6 is 11.8 Å². The van der Waals surface area contributed by atoms with Gasteiger partial charge in [0.2, 0.25) is 11.1 Å². The van der Waals surface area contributed by atoms with Gasteiger partial charge in [-0.2, -0.15) is 0 Å². The second kappa shape index (κ2) is 5.88.